The Labute approximate surface area is 122 Å². The maximum Gasteiger partial charge on any atom is 0.371 e. The minimum Gasteiger partial charge on any atom is -0.475 e. The van der Waals surface area contributed by atoms with Gasteiger partial charge in [0.15, 0.2) is 5.09 Å². The molecular formula is C15H11NO4S. The Morgan fingerprint density at radius 2 is 2.10 bits per heavy atom. The number of nitrogens with zero attached hydrogens (tertiary/aromatic N) is 1. The Hall–Kier alpha value is -2.47. The normalized spacial score (nSPS) is 12.4. The minimum atomic E-state index is -1.42. The number of carboxylic acid groups (broad SMARTS) is 1. The van der Waals surface area contributed by atoms with E-state index in [1.54, 1.807) is 6.20 Å². The molecule has 0 fully saturated rings. The van der Waals surface area contributed by atoms with Crippen LogP contribution < -0.4 is 0 Å². The first kappa shape index (κ1) is 13.5. The number of rotatable bonds is 4. The molecule has 1 unspecified atom stereocenters. The van der Waals surface area contributed by atoms with E-state index in [1.807, 2.05) is 30.3 Å². The van der Waals surface area contributed by atoms with Crippen molar-refractivity contribution in [1.29, 1.82) is 0 Å². The summed E-state index contributed by atoms with van der Waals surface area (Å²) in [4.78, 5) is 15.0. The van der Waals surface area contributed by atoms with Gasteiger partial charge < -0.3 is 9.52 Å². The molecule has 0 aliphatic rings. The summed E-state index contributed by atoms with van der Waals surface area (Å²) < 4.78 is 17.2. The van der Waals surface area contributed by atoms with Crippen LogP contribution in [0.3, 0.4) is 0 Å². The lowest BCUT2D eigenvalue weighted by molar-refractivity contribution is 0.0656. The predicted molar refractivity (Wildman–Crippen MR) is 77.5 cm³/mol. The number of hydrogen-bond donors (Lipinski definition) is 1. The number of furan rings is 1. The molecule has 1 aromatic carbocycles. The highest BCUT2D eigenvalue weighted by Gasteiger charge is 2.14. The lowest BCUT2D eigenvalue weighted by Crippen LogP contribution is -1.96. The van der Waals surface area contributed by atoms with Crippen molar-refractivity contribution in [3.63, 3.8) is 0 Å². The zero-order valence-electron chi connectivity index (χ0n) is 10.9. The fourth-order valence-electron chi connectivity index (χ4n) is 1.99. The second-order valence-electron chi connectivity index (χ2n) is 4.44. The standard InChI is InChI=1S/C15H11NO4S/c17-15(18)13-5-6-14(20-13)21(19)9-10-3-4-12-11(8-10)2-1-7-16-12/h1-8H,9H2,(H,17,18). The Bertz CT molecular complexity index is 840. The number of aromatic carboxylic acids is 1. The average molecular weight is 301 g/mol. The van der Waals surface area contributed by atoms with E-state index in [9.17, 15) is 9.00 Å². The monoisotopic (exact) mass is 301 g/mol. The number of carboxylic acids is 1. The van der Waals surface area contributed by atoms with E-state index in [1.165, 1.54) is 12.1 Å². The molecule has 0 amide bonds. The molecule has 3 rings (SSSR count). The number of fused-ring (bicyclic) bond motifs is 1. The summed E-state index contributed by atoms with van der Waals surface area (Å²) in [7, 11) is -1.42. The zero-order valence-corrected chi connectivity index (χ0v) is 11.7. The number of pyridine rings is 1. The lowest BCUT2D eigenvalue weighted by Gasteiger charge is -2.02. The maximum absolute atomic E-state index is 12.2. The minimum absolute atomic E-state index is 0.165. The van der Waals surface area contributed by atoms with Crippen LogP contribution >= 0.6 is 0 Å². The van der Waals surface area contributed by atoms with Crippen molar-refractivity contribution in [3.05, 3.63) is 60.0 Å². The topological polar surface area (TPSA) is 80.4 Å². The van der Waals surface area contributed by atoms with E-state index >= 15 is 0 Å². The van der Waals surface area contributed by atoms with E-state index in [0.29, 0.717) is 0 Å². The van der Waals surface area contributed by atoms with Gasteiger partial charge in [0, 0.05) is 11.6 Å². The molecule has 1 atom stereocenters. The molecule has 0 aliphatic carbocycles. The van der Waals surface area contributed by atoms with E-state index in [0.717, 1.165) is 16.5 Å². The molecule has 21 heavy (non-hydrogen) atoms. The largest absolute Gasteiger partial charge is 0.475 e. The van der Waals surface area contributed by atoms with E-state index in [2.05, 4.69) is 4.98 Å². The molecule has 0 radical (unpaired) electrons. The van der Waals surface area contributed by atoms with Crippen molar-refractivity contribution < 1.29 is 18.5 Å². The Morgan fingerprint density at radius 3 is 2.86 bits per heavy atom. The Morgan fingerprint density at radius 1 is 1.24 bits per heavy atom. The summed E-state index contributed by atoms with van der Waals surface area (Å²) in [5.41, 5.74) is 1.75. The van der Waals surface area contributed by atoms with Crippen LogP contribution in [-0.2, 0) is 16.6 Å². The van der Waals surface area contributed by atoms with Gasteiger partial charge in [-0.1, -0.05) is 12.1 Å². The third-order valence-corrected chi connectivity index (χ3v) is 4.25. The van der Waals surface area contributed by atoms with Crippen molar-refractivity contribution in [2.24, 2.45) is 0 Å². The molecule has 1 N–H and O–H groups in total. The highest BCUT2D eigenvalue weighted by Crippen LogP contribution is 2.19. The number of hydrogen-bond acceptors (Lipinski definition) is 4. The summed E-state index contributed by atoms with van der Waals surface area (Å²) in [5, 5.41) is 9.92. The zero-order chi connectivity index (χ0) is 14.8. The van der Waals surface area contributed by atoms with Crippen molar-refractivity contribution in [3.8, 4) is 0 Å². The van der Waals surface area contributed by atoms with Gasteiger partial charge >= 0.3 is 5.97 Å². The van der Waals surface area contributed by atoms with Crippen LogP contribution in [0.4, 0.5) is 0 Å². The smallest absolute Gasteiger partial charge is 0.371 e. The maximum atomic E-state index is 12.2. The van der Waals surface area contributed by atoms with Crippen molar-refractivity contribution in [1.82, 2.24) is 4.98 Å². The van der Waals surface area contributed by atoms with Crippen LogP contribution in [0, 0.1) is 0 Å². The van der Waals surface area contributed by atoms with Crippen LogP contribution in [0.1, 0.15) is 16.1 Å². The van der Waals surface area contributed by atoms with E-state index in [4.69, 9.17) is 9.52 Å². The molecule has 6 heteroatoms. The third-order valence-electron chi connectivity index (χ3n) is 2.98. The first-order valence-electron chi connectivity index (χ1n) is 6.18. The Kier molecular flexibility index (Phi) is 3.53. The Balaban J connectivity index is 1.83. The van der Waals surface area contributed by atoms with Gasteiger partial charge in [0.1, 0.15) is 0 Å². The van der Waals surface area contributed by atoms with Crippen molar-refractivity contribution >= 4 is 27.7 Å². The SMILES string of the molecule is O=C(O)c1ccc(S(=O)Cc2ccc3ncccc3c2)o1. The molecule has 0 saturated carbocycles. The second-order valence-corrected chi connectivity index (χ2v) is 5.83. The van der Waals surface area contributed by atoms with Crippen molar-refractivity contribution in [2.45, 2.75) is 10.8 Å². The van der Waals surface area contributed by atoms with E-state index in [-0.39, 0.29) is 16.6 Å². The molecule has 3 aromatic rings. The summed E-state index contributed by atoms with van der Waals surface area (Å²) in [6, 6.07) is 12.2. The van der Waals surface area contributed by atoms with Crippen LogP contribution in [0.25, 0.3) is 10.9 Å². The molecule has 5 nitrogen and oxygen atoms in total. The van der Waals surface area contributed by atoms with Crippen molar-refractivity contribution in [2.75, 3.05) is 0 Å². The van der Waals surface area contributed by atoms with Gasteiger partial charge in [0.25, 0.3) is 0 Å². The van der Waals surface area contributed by atoms with E-state index < -0.39 is 16.8 Å². The molecule has 0 bridgehead atoms. The first-order valence-corrected chi connectivity index (χ1v) is 7.50. The van der Waals surface area contributed by atoms with Gasteiger partial charge in [-0.25, -0.2) is 4.79 Å². The van der Waals surface area contributed by atoms with Gasteiger partial charge in [0.2, 0.25) is 5.76 Å². The molecule has 0 aliphatic heterocycles. The molecule has 106 valence electrons. The van der Waals surface area contributed by atoms with Gasteiger partial charge in [-0.3, -0.25) is 9.19 Å². The van der Waals surface area contributed by atoms with Gasteiger partial charge in [-0.05, 0) is 35.9 Å². The lowest BCUT2D eigenvalue weighted by atomic mass is 10.1. The molecule has 2 heterocycles. The van der Waals surface area contributed by atoms with Crippen LogP contribution in [-0.4, -0.2) is 20.3 Å². The summed E-state index contributed by atoms with van der Waals surface area (Å²) in [6.07, 6.45) is 1.72. The highest BCUT2D eigenvalue weighted by molar-refractivity contribution is 7.84. The summed E-state index contributed by atoms with van der Waals surface area (Å²) >= 11 is 0. The molecule has 0 spiro atoms. The quantitative estimate of drug-likeness (QED) is 0.801. The first-order chi connectivity index (χ1) is 10.1. The number of carbonyl (C=O) groups is 1. The van der Waals surface area contributed by atoms with Gasteiger partial charge in [-0.2, -0.15) is 0 Å². The average Bonchev–Trinajstić information content (AvgIpc) is 2.97. The second kappa shape index (κ2) is 5.49. The molecule has 2 aromatic heterocycles. The molecule has 0 saturated heterocycles. The van der Waals surface area contributed by atoms with Crippen LogP contribution in [0.5, 0.6) is 0 Å². The summed E-state index contributed by atoms with van der Waals surface area (Å²) in [5.74, 6) is -1.12. The van der Waals surface area contributed by atoms with Gasteiger partial charge in [-0.15, -0.1) is 0 Å². The predicted octanol–water partition coefficient (Wildman–Crippen LogP) is 2.83. The highest BCUT2D eigenvalue weighted by atomic mass is 32.2. The third kappa shape index (κ3) is 2.85. The summed E-state index contributed by atoms with van der Waals surface area (Å²) in [6.45, 7) is 0. The molecular weight excluding hydrogens is 290 g/mol. The number of benzene rings is 1. The van der Waals surface area contributed by atoms with Gasteiger partial charge in [0.05, 0.1) is 22.1 Å². The fourth-order valence-corrected chi connectivity index (χ4v) is 3.02. The van der Waals surface area contributed by atoms with Crippen LogP contribution in [0.15, 0.2) is 58.2 Å². The van der Waals surface area contributed by atoms with Crippen LogP contribution in [0.2, 0.25) is 0 Å². The fraction of sp³-hybridized carbons (Fsp3) is 0.0667. The number of aromatic nitrogens is 1.